The van der Waals surface area contributed by atoms with E-state index < -0.39 is 5.60 Å². The van der Waals surface area contributed by atoms with Crippen molar-refractivity contribution in [2.75, 3.05) is 13.7 Å². The Morgan fingerprint density at radius 1 is 1.32 bits per heavy atom. The van der Waals surface area contributed by atoms with Crippen molar-refractivity contribution >= 4 is 11.9 Å². The normalized spacial score (nSPS) is 24.5. The molecule has 0 aromatic heterocycles. The molecule has 5 heteroatoms. The van der Waals surface area contributed by atoms with Crippen molar-refractivity contribution in [1.29, 1.82) is 0 Å². The van der Waals surface area contributed by atoms with Crippen LogP contribution in [0, 0.1) is 0 Å². The fourth-order valence-electron chi connectivity index (χ4n) is 2.39. The van der Waals surface area contributed by atoms with Crippen molar-refractivity contribution < 1.29 is 19.1 Å². The molecule has 1 aliphatic heterocycles. The van der Waals surface area contributed by atoms with E-state index in [0.29, 0.717) is 19.4 Å². The Kier molecular flexibility index (Phi) is 5.35. The van der Waals surface area contributed by atoms with E-state index in [1.807, 2.05) is 27.7 Å². The third kappa shape index (κ3) is 4.49. The molecule has 1 unspecified atom stereocenters. The van der Waals surface area contributed by atoms with Crippen LogP contribution in [0.4, 0.5) is 4.79 Å². The third-order valence-electron chi connectivity index (χ3n) is 3.15. The molecule has 1 fully saturated rings. The molecule has 1 aliphatic rings. The van der Waals surface area contributed by atoms with Gasteiger partial charge in [-0.25, -0.2) is 4.79 Å². The summed E-state index contributed by atoms with van der Waals surface area (Å²) in [7, 11) is 1.58. The van der Waals surface area contributed by atoms with Crippen LogP contribution in [-0.2, 0) is 14.3 Å². The van der Waals surface area contributed by atoms with E-state index in [0.717, 1.165) is 6.42 Å². The first-order valence-corrected chi connectivity index (χ1v) is 6.80. The van der Waals surface area contributed by atoms with Gasteiger partial charge in [0, 0.05) is 26.0 Å². The zero-order chi connectivity index (χ0) is 14.6. The van der Waals surface area contributed by atoms with Gasteiger partial charge in [0.15, 0.2) is 0 Å². The lowest BCUT2D eigenvalue weighted by Gasteiger charge is -2.41. The van der Waals surface area contributed by atoms with Crippen LogP contribution in [0.25, 0.3) is 0 Å². The zero-order valence-electron chi connectivity index (χ0n) is 12.6. The van der Waals surface area contributed by atoms with E-state index in [1.54, 1.807) is 12.0 Å². The summed E-state index contributed by atoms with van der Waals surface area (Å²) in [5.41, 5.74) is -0.533. The molecule has 1 rings (SSSR count). The van der Waals surface area contributed by atoms with Crippen LogP contribution >= 0.6 is 0 Å². The van der Waals surface area contributed by atoms with E-state index in [9.17, 15) is 9.59 Å². The highest BCUT2D eigenvalue weighted by Crippen LogP contribution is 2.25. The highest BCUT2D eigenvalue weighted by Gasteiger charge is 2.39. The summed E-state index contributed by atoms with van der Waals surface area (Å²) in [4.78, 5) is 25.7. The van der Waals surface area contributed by atoms with Crippen molar-refractivity contribution in [1.82, 2.24) is 4.90 Å². The molecule has 0 bridgehead atoms. The van der Waals surface area contributed by atoms with Crippen molar-refractivity contribution in [3.8, 4) is 0 Å². The fraction of sp³-hybridized carbons (Fsp3) is 0.857. The highest BCUT2D eigenvalue weighted by molar-refractivity contribution is 5.83. The quantitative estimate of drug-likeness (QED) is 0.791. The number of hydrogen-bond acceptors (Lipinski definition) is 4. The summed E-state index contributed by atoms with van der Waals surface area (Å²) >= 11 is 0. The van der Waals surface area contributed by atoms with Crippen molar-refractivity contribution in [3.63, 3.8) is 0 Å². The standard InChI is InChI=1S/C14H25NO4/c1-6-10-7-12(16)8-11(9-18-5)15(10)13(17)19-14(2,3)4/h10-11H,6-9H2,1-5H3/t10-,11?/m1/s1. The molecular weight excluding hydrogens is 246 g/mol. The Bertz CT molecular complexity index is 335. The Balaban J connectivity index is 2.88. The number of likely N-dealkylation sites (tertiary alicyclic amines) is 1. The molecule has 0 N–H and O–H groups in total. The Hall–Kier alpha value is -1.10. The van der Waals surface area contributed by atoms with Crippen molar-refractivity contribution in [2.45, 2.75) is 64.6 Å². The minimum Gasteiger partial charge on any atom is -0.444 e. The molecule has 19 heavy (non-hydrogen) atoms. The smallest absolute Gasteiger partial charge is 0.410 e. The molecule has 1 amide bonds. The molecule has 0 aromatic rings. The number of carbonyl (C=O) groups excluding carboxylic acids is 2. The second kappa shape index (κ2) is 6.37. The van der Waals surface area contributed by atoms with E-state index in [2.05, 4.69) is 0 Å². The largest absolute Gasteiger partial charge is 0.444 e. The Morgan fingerprint density at radius 3 is 2.37 bits per heavy atom. The SMILES string of the molecule is CC[C@@H]1CC(=O)CC(COC)N1C(=O)OC(C)(C)C. The summed E-state index contributed by atoms with van der Waals surface area (Å²) in [6, 6.07) is -0.303. The number of rotatable bonds is 3. The van der Waals surface area contributed by atoms with Gasteiger partial charge >= 0.3 is 6.09 Å². The van der Waals surface area contributed by atoms with Crippen molar-refractivity contribution in [2.24, 2.45) is 0 Å². The molecule has 0 aromatic carbocycles. The first-order chi connectivity index (χ1) is 8.78. The average Bonchev–Trinajstić information content (AvgIpc) is 2.25. The molecular formula is C14H25NO4. The van der Waals surface area contributed by atoms with Gasteiger partial charge in [0.2, 0.25) is 0 Å². The van der Waals surface area contributed by atoms with Gasteiger partial charge < -0.3 is 9.47 Å². The Morgan fingerprint density at radius 2 is 1.89 bits per heavy atom. The number of ether oxygens (including phenoxy) is 2. The molecule has 5 nitrogen and oxygen atoms in total. The molecule has 0 saturated carbocycles. The first-order valence-electron chi connectivity index (χ1n) is 6.80. The van der Waals surface area contributed by atoms with Gasteiger partial charge in [-0.15, -0.1) is 0 Å². The molecule has 0 spiro atoms. The highest BCUT2D eigenvalue weighted by atomic mass is 16.6. The van der Waals surface area contributed by atoms with Crippen LogP contribution in [0.3, 0.4) is 0 Å². The van der Waals surface area contributed by atoms with E-state index in [4.69, 9.17) is 9.47 Å². The second-order valence-electron chi connectivity index (χ2n) is 6.01. The van der Waals surface area contributed by atoms with Gasteiger partial charge in [0.05, 0.1) is 12.6 Å². The van der Waals surface area contributed by atoms with Gasteiger partial charge in [0.1, 0.15) is 11.4 Å². The van der Waals surface area contributed by atoms with Gasteiger partial charge in [0.25, 0.3) is 0 Å². The Labute approximate surface area is 115 Å². The molecule has 1 heterocycles. The minimum absolute atomic E-state index is 0.0868. The zero-order valence-corrected chi connectivity index (χ0v) is 12.6. The predicted molar refractivity (Wildman–Crippen MR) is 72.1 cm³/mol. The molecule has 0 radical (unpaired) electrons. The number of ketones is 1. The summed E-state index contributed by atoms with van der Waals surface area (Å²) in [6.45, 7) is 7.86. The molecule has 0 aliphatic carbocycles. The van der Waals surface area contributed by atoms with Gasteiger partial charge in [-0.05, 0) is 27.2 Å². The topological polar surface area (TPSA) is 55.8 Å². The lowest BCUT2D eigenvalue weighted by molar-refractivity contribution is -0.126. The second-order valence-corrected chi connectivity index (χ2v) is 6.01. The maximum atomic E-state index is 12.3. The van der Waals surface area contributed by atoms with Crippen LogP contribution in [0.2, 0.25) is 0 Å². The van der Waals surface area contributed by atoms with E-state index >= 15 is 0 Å². The number of nitrogens with zero attached hydrogens (tertiary/aromatic N) is 1. The number of carbonyl (C=O) groups is 2. The summed E-state index contributed by atoms with van der Waals surface area (Å²) in [5, 5.41) is 0. The van der Waals surface area contributed by atoms with Gasteiger partial charge in [-0.3, -0.25) is 9.69 Å². The number of piperidine rings is 1. The number of hydrogen-bond donors (Lipinski definition) is 0. The van der Waals surface area contributed by atoms with E-state index in [1.165, 1.54) is 0 Å². The number of amides is 1. The van der Waals surface area contributed by atoms with Crippen LogP contribution in [0.5, 0.6) is 0 Å². The fourth-order valence-corrected chi connectivity index (χ4v) is 2.39. The lowest BCUT2D eigenvalue weighted by atomic mass is 9.93. The van der Waals surface area contributed by atoms with Gasteiger partial charge in [-0.2, -0.15) is 0 Å². The van der Waals surface area contributed by atoms with Crippen LogP contribution in [0.1, 0.15) is 47.0 Å². The summed E-state index contributed by atoms with van der Waals surface area (Å²) in [6.07, 6.45) is 1.15. The van der Waals surface area contributed by atoms with Crippen LogP contribution in [0.15, 0.2) is 0 Å². The lowest BCUT2D eigenvalue weighted by Crippen LogP contribution is -2.55. The summed E-state index contributed by atoms with van der Waals surface area (Å²) in [5.74, 6) is 0.189. The predicted octanol–water partition coefficient (Wildman–Crippen LogP) is 2.38. The average molecular weight is 271 g/mol. The maximum absolute atomic E-state index is 12.3. The third-order valence-corrected chi connectivity index (χ3v) is 3.15. The van der Waals surface area contributed by atoms with Crippen LogP contribution in [-0.4, -0.2) is 48.2 Å². The minimum atomic E-state index is -0.533. The summed E-state index contributed by atoms with van der Waals surface area (Å²) < 4.78 is 10.6. The molecule has 1 saturated heterocycles. The number of Topliss-reactive ketones (excluding diaryl/α,β-unsaturated/α-hetero) is 1. The molecule has 2 atom stereocenters. The van der Waals surface area contributed by atoms with Gasteiger partial charge in [-0.1, -0.05) is 6.92 Å². The van der Waals surface area contributed by atoms with Crippen molar-refractivity contribution in [3.05, 3.63) is 0 Å². The first kappa shape index (κ1) is 16.0. The monoisotopic (exact) mass is 271 g/mol. The molecule has 110 valence electrons. The number of methoxy groups -OCH3 is 1. The van der Waals surface area contributed by atoms with E-state index in [-0.39, 0.29) is 24.0 Å². The maximum Gasteiger partial charge on any atom is 0.410 e. The van der Waals surface area contributed by atoms with Crippen LogP contribution < -0.4 is 0 Å².